The van der Waals surface area contributed by atoms with Crippen molar-refractivity contribution < 1.29 is 14.3 Å². The summed E-state index contributed by atoms with van der Waals surface area (Å²) >= 11 is 1.56. The van der Waals surface area contributed by atoms with Gasteiger partial charge in [0.1, 0.15) is 6.10 Å². The van der Waals surface area contributed by atoms with Crippen LogP contribution in [0.4, 0.5) is 0 Å². The minimum absolute atomic E-state index is 0.0237. The fourth-order valence-electron chi connectivity index (χ4n) is 4.69. The molecule has 0 radical (unpaired) electrons. The van der Waals surface area contributed by atoms with Gasteiger partial charge in [-0.2, -0.15) is 0 Å². The highest BCUT2D eigenvalue weighted by Crippen LogP contribution is 2.43. The number of amides is 1. The van der Waals surface area contributed by atoms with Gasteiger partial charge in [0.2, 0.25) is 0 Å². The monoisotopic (exact) mass is 400 g/mol. The number of aromatic nitrogens is 3. The van der Waals surface area contributed by atoms with Gasteiger partial charge in [0.25, 0.3) is 5.91 Å². The van der Waals surface area contributed by atoms with Crippen molar-refractivity contribution >= 4 is 23.2 Å². The SMILES string of the molecule is O=C(c1nc2c(s1)CCCC2)N1CCC2(CC1)CC(Cn1ccnc1)OC2=O. The lowest BCUT2D eigenvalue weighted by Crippen LogP contribution is -2.45. The van der Waals surface area contributed by atoms with Gasteiger partial charge < -0.3 is 14.2 Å². The lowest BCUT2D eigenvalue weighted by molar-refractivity contribution is -0.150. The summed E-state index contributed by atoms with van der Waals surface area (Å²) < 4.78 is 7.61. The third kappa shape index (κ3) is 3.13. The molecule has 2 aromatic rings. The number of hydrogen-bond donors (Lipinski definition) is 0. The van der Waals surface area contributed by atoms with Crippen LogP contribution in [0.5, 0.6) is 0 Å². The van der Waals surface area contributed by atoms with Crippen molar-refractivity contribution in [3.8, 4) is 0 Å². The number of cyclic esters (lactones) is 1. The van der Waals surface area contributed by atoms with E-state index in [1.54, 1.807) is 23.9 Å². The molecular formula is C20H24N4O3S. The molecular weight excluding hydrogens is 376 g/mol. The van der Waals surface area contributed by atoms with Gasteiger partial charge in [-0.3, -0.25) is 9.59 Å². The molecule has 2 saturated heterocycles. The van der Waals surface area contributed by atoms with E-state index < -0.39 is 5.41 Å². The van der Waals surface area contributed by atoms with E-state index in [2.05, 4.69) is 9.97 Å². The standard InChI is InChI=1S/C20H24N4O3S/c25-18(17-22-15-3-1-2-4-16(15)28-17)24-8-5-20(6-9-24)11-14(27-19(20)26)12-23-10-7-21-13-23/h7,10,13-14H,1-6,8-9,11-12H2. The van der Waals surface area contributed by atoms with Crippen LogP contribution in [0.3, 0.4) is 0 Å². The molecule has 0 N–H and O–H groups in total. The zero-order chi connectivity index (χ0) is 19.1. The summed E-state index contributed by atoms with van der Waals surface area (Å²) in [6.45, 7) is 1.83. The first-order valence-corrected chi connectivity index (χ1v) is 10.9. The molecule has 1 amide bonds. The number of aryl methyl sites for hydroxylation is 2. The molecule has 0 aromatic carbocycles. The van der Waals surface area contributed by atoms with E-state index in [9.17, 15) is 9.59 Å². The second-order valence-electron chi connectivity index (χ2n) is 8.16. The number of carbonyl (C=O) groups excluding carboxylic acids is 2. The molecule has 2 aliphatic heterocycles. The van der Waals surface area contributed by atoms with E-state index in [0.29, 0.717) is 37.5 Å². The molecule has 3 aliphatic rings. The van der Waals surface area contributed by atoms with Crippen LogP contribution in [-0.4, -0.2) is 50.5 Å². The average molecular weight is 401 g/mol. The molecule has 0 bridgehead atoms. The van der Waals surface area contributed by atoms with Gasteiger partial charge >= 0.3 is 5.97 Å². The van der Waals surface area contributed by atoms with Gasteiger partial charge in [-0.1, -0.05) is 0 Å². The van der Waals surface area contributed by atoms with E-state index in [0.717, 1.165) is 25.0 Å². The van der Waals surface area contributed by atoms with Crippen LogP contribution in [-0.2, 0) is 28.9 Å². The van der Waals surface area contributed by atoms with Gasteiger partial charge in [-0.25, -0.2) is 9.97 Å². The maximum absolute atomic E-state index is 12.9. The van der Waals surface area contributed by atoms with Gasteiger partial charge in [0.05, 0.1) is 24.0 Å². The van der Waals surface area contributed by atoms with Crippen LogP contribution in [0, 0.1) is 5.41 Å². The quantitative estimate of drug-likeness (QED) is 0.740. The fourth-order valence-corrected chi connectivity index (χ4v) is 5.81. The molecule has 5 rings (SSSR count). The Morgan fingerprint density at radius 1 is 1.29 bits per heavy atom. The number of imidazole rings is 1. The zero-order valence-electron chi connectivity index (χ0n) is 15.8. The summed E-state index contributed by atoms with van der Waals surface area (Å²) in [4.78, 5) is 37.3. The largest absolute Gasteiger partial charge is 0.460 e. The number of piperidine rings is 1. The summed E-state index contributed by atoms with van der Waals surface area (Å²) in [6.07, 6.45) is 11.7. The van der Waals surface area contributed by atoms with E-state index >= 15 is 0 Å². The second-order valence-corrected chi connectivity index (χ2v) is 9.24. The molecule has 28 heavy (non-hydrogen) atoms. The van der Waals surface area contributed by atoms with E-state index in [1.807, 2.05) is 15.7 Å². The minimum atomic E-state index is -0.440. The van der Waals surface area contributed by atoms with Crippen LogP contribution in [0.2, 0.25) is 0 Å². The maximum atomic E-state index is 12.9. The van der Waals surface area contributed by atoms with E-state index in [1.165, 1.54) is 17.7 Å². The number of nitrogens with zero attached hydrogens (tertiary/aromatic N) is 4. The Morgan fingerprint density at radius 3 is 2.86 bits per heavy atom. The third-order valence-electron chi connectivity index (χ3n) is 6.34. The molecule has 1 spiro atoms. The molecule has 1 aliphatic carbocycles. The Labute approximate surface area is 167 Å². The van der Waals surface area contributed by atoms with Crippen LogP contribution >= 0.6 is 11.3 Å². The first-order chi connectivity index (χ1) is 13.6. The summed E-state index contributed by atoms with van der Waals surface area (Å²) in [7, 11) is 0. The zero-order valence-corrected chi connectivity index (χ0v) is 16.6. The smallest absolute Gasteiger partial charge is 0.312 e. The lowest BCUT2D eigenvalue weighted by atomic mass is 9.76. The number of hydrogen-bond acceptors (Lipinski definition) is 6. The number of esters is 1. The average Bonchev–Trinajstić information content (AvgIpc) is 3.42. The number of fused-ring (bicyclic) bond motifs is 1. The van der Waals surface area contributed by atoms with Crippen molar-refractivity contribution in [3.05, 3.63) is 34.3 Å². The predicted molar refractivity (Wildman–Crippen MR) is 103 cm³/mol. The molecule has 1 unspecified atom stereocenters. The topological polar surface area (TPSA) is 77.3 Å². The second kappa shape index (κ2) is 6.99. The van der Waals surface area contributed by atoms with Crippen LogP contribution < -0.4 is 0 Å². The molecule has 4 heterocycles. The molecule has 0 saturated carbocycles. The minimum Gasteiger partial charge on any atom is -0.460 e. The van der Waals surface area contributed by atoms with Crippen LogP contribution in [0.1, 0.15) is 52.5 Å². The molecule has 2 fully saturated rings. The van der Waals surface area contributed by atoms with Crippen LogP contribution in [0.25, 0.3) is 0 Å². The van der Waals surface area contributed by atoms with Crippen molar-refractivity contribution in [3.63, 3.8) is 0 Å². The Bertz CT molecular complexity index is 860. The Morgan fingerprint density at radius 2 is 2.11 bits per heavy atom. The predicted octanol–water partition coefficient (Wildman–Crippen LogP) is 2.46. The first-order valence-electron chi connectivity index (χ1n) is 10.1. The van der Waals surface area contributed by atoms with Crippen molar-refractivity contribution in [2.24, 2.45) is 5.41 Å². The fraction of sp³-hybridized carbons (Fsp3) is 0.600. The number of carbonyl (C=O) groups is 2. The number of thiazole rings is 1. The van der Waals surface area contributed by atoms with Gasteiger partial charge in [-0.15, -0.1) is 11.3 Å². The summed E-state index contributed by atoms with van der Waals surface area (Å²) in [5, 5.41) is 0.620. The summed E-state index contributed by atoms with van der Waals surface area (Å²) in [5.74, 6) is -0.0787. The normalized spacial score (nSPS) is 23.6. The molecule has 1 atom stereocenters. The third-order valence-corrected chi connectivity index (χ3v) is 7.48. The highest BCUT2D eigenvalue weighted by atomic mass is 32.1. The summed E-state index contributed by atoms with van der Waals surface area (Å²) in [6, 6.07) is 0. The molecule has 7 nitrogen and oxygen atoms in total. The van der Waals surface area contributed by atoms with Crippen LogP contribution in [0.15, 0.2) is 18.7 Å². The van der Waals surface area contributed by atoms with Gasteiger partial charge in [0, 0.05) is 36.8 Å². The Hall–Kier alpha value is -2.22. The van der Waals surface area contributed by atoms with Crippen molar-refractivity contribution in [1.29, 1.82) is 0 Å². The summed E-state index contributed by atoms with van der Waals surface area (Å²) in [5.41, 5.74) is 0.680. The molecule has 8 heteroatoms. The first kappa shape index (κ1) is 17.8. The molecule has 148 valence electrons. The van der Waals surface area contributed by atoms with Gasteiger partial charge in [0.15, 0.2) is 5.01 Å². The number of likely N-dealkylation sites (tertiary alicyclic amines) is 1. The van der Waals surface area contributed by atoms with Gasteiger partial charge in [-0.05, 0) is 38.5 Å². The number of rotatable bonds is 3. The highest BCUT2D eigenvalue weighted by molar-refractivity contribution is 7.13. The van der Waals surface area contributed by atoms with Crippen molar-refractivity contribution in [1.82, 2.24) is 19.4 Å². The highest BCUT2D eigenvalue weighted by Gasteiger charge is 2.51. The van der Waals surface area contributed by atoms with E-state index in [4.69, 9.17) is 4.74 Å². The maximum Gasteiger partial charge on any atom is 0.312 e. The molecule has 2 aromatic heterocycles. The number of ether oxygens (including phenoxy) is 1. The van der Waals surface area contributed by atoms with Crippen molar-refractivity contribution in [2.75, 3.05) is 13.1 Å². The Balaban J connectivity index is 1.22. The Kier molecular flexibility index (Phi) is 4.45. The lowest BCUT2D eigenvalue weighted by Gasteiger charge is -2.36. The van der Waals surface area contributed by atoms with Crippen molar-refractivity contribution in [2.45, 2.75) is 57.6 Å². The van der Waals surface area contributed by atoms with E-state index in [-0.39, 0.29) is 18.0 Å².